The van der Waals surface area contributed by atoms with E-state index < -0.39 is 18.2 Å². The Labute approximate surface area is 173 Å². The van der Waals surface area contributed by atoms with Gasteiger partial charge in [-0.05, 0) is 36.5 Å². The number of fused-ring (bicyclic) bond motifs is 1. The van der Waals surface area contributed by atoms with Crippen molar-refractivity contribution in [3.05, 3.63) is 59.4 Å². The summed E-state index contributed by atoms with van der Waals surface area (Å²) in [5.41, 5.74) is 2.98. The van der Waals surface area contributed by atoms with Crippen LogP contribution in [-0.4, -0.2) is 31.6 Å². The van der Waals surface area contributed by atoms with Crippen molar-refractivity contribution < 1.29 is 13.9 Å². The molecule has 0 saturated carbocycles. The molecule has 0 aliphatic carbocycles. The van der Waals surface area contributed by atoms with Crippen LogP contribution < -0.4 is 4.90 Å². The lowest BCUT2D eigenvalue weighted by Gasteiger charge is -2.32. The second kappa shape index (κ2) is 8.02. The number of aryl methyl sites for hydroxylation is 1. The van der Waals surface area contributed by atoms with Gasteiger partial charge in [0.2, 0.25) is 0 Å². The zero-order valence-corrected chi connectivity index (χ0v) is 17.1. The fourth-order valence-corrected chi connectivity index (χ4v) is 3.98. The largest absolute Gasteiger partial charge is 0.392 e. The van der Waals surface area contributed by atoms with Crippen LogP contribution in [0.1, 0.15) is 49.3 Å². The zero-order chi connectivity index (χ0) is 21.4. The van der Waals surface area contributed by atoms with Crippen molar-refractivity contribution in [1.82, 2.24) is 20.0 Å². The van der Waals surface area contributed by atoms with Gasteiger partial charge < -0.3 is 10.0 Å². The Morgan fingerprint density at radius 3 is 2.67 bits per heavy atom. The van der Waals surface area contributed by atoms with Crippen molar-refractivity contribution in [2.75, 3.05) is 11.4 Å². The summed E-state index contributed by atoms with van der Waals surface area (Å²) in [6.07, 6.45) is 5.32. The maximum absolute atomic E-state index is 14.7. The van der Waals surface area contributed by atoms with Gasteiger partial charge in [0.15, 0.2) is 0 Å². The number of nitrogens with one attached hydrogen (secondary N) is 1. The molecule has 8 heteroatoms. The third-order valence-electron chi connectivity index (χ3n) is 5.80. The molecule has 0 saturated heterocycles. The van der Waals surface area contributed by atoms with Crippen molar-refractivity contribution >= 4 is 11.5 Å². The number of halogens is 2. The number of aliphatic hydroxyl groups excluding tert-OH is 1. The number of rotatable bonds is 6. The summed E-state index contributed by atoms with van der Waals surface area (Å²) in [6.45, 7) is 9.10. The third kappa shape index (κ3) is 3.31. The SMILES string of the molecule is C=C(c1c(F)cc(CO)cc1F)N1CCCn2ncc(-c3[nH]ncc3C(C)CC)c21. The minimum Gasteiger partial charge on any atom is -0.392 e. The van der Waals surface area contributed by atoms with Gasteiger partial charge in [-0.25, -0.2) is 13.5 Å². The van der Waals surface area contributed by atoms with Crippen LogP contribution >= 0.6 is 0 Å². The van der Waals surface area contributed by atoms with Gasteiger partial charge in [-0.1, -0.05) is 20.4 Å². The number of anilines is 1. The van der Waals surface area contributed by atoms with Crippen LogP contribution in [0.3, 0.4) is 0 Å². The Hall–Kier alpha value is -3.00. The number of H-pyrrole nitrogens is 1. The zero-order valence-electron chi connectivity index (χ0n) is 17.1. The molecule has 30 heavy (non-hydrogen) atoms. The molecular formula is C22H25F2N5O. The second-order valence-corrected chi connectivity index (χ2v) is 7.66. The molecular weight excluding hydrogens is 388 g/mol. The predicted molar refractivity (Wildman–Crippen MR) is 112 cm³/mol. The Balaban J connectivity index is 1.80. The molecule has 3 aromatic rings. The molecule has 2 aromatic heterocycles. The molecule has 4 rings (SSSR count). The molecule has 0 amide bonds. The lowest BCUT2D eigenvalue weighted by Crippen LogP contribution is -2.31. The minimum absolute atomic E-state index is 0.182. The van der Waals surface area contributed by atoms with Crippen molar-refractivity contribution in [1.29, 1.82) is 0 Å². The van der Waals surface area contributed by atoms with Crippen molar-refractivity contribution in [2.45, 2.75) is 45.8 Å². The molecule has 2 N–H and O–H groups in total. The van der Waals surface area contributed by atoms with E-state index in [4.69, 9.17) is 0 Å². The van der Waals surface area contributed by atoms with Crippen molar-refractivity contribution in [2.24, 2.45) is 0 Å². The number of aliphatic hydroxyl groups is 1. The molecule has 158 valence electrons. The molecule has 6 nitrogen and oxygen atoms in total. The maximum Gasteiger partial charge on any atom is 0.140 e. The van der Waals surface area contributed by atoms with Crippen LogP contribution in [0.4, 0.5) is 14.6 Å². The maximum atomic E-state index is 14.7. The van der Waals surface area contributed by atoms with Crippen molar-refractivity contribution in [3.8, 4) is 11.3 Å². The molecule has 0 spiro atoms. The Morgan fingerprint density at radius 1 is 1.27 bits per heavy atom. The second-order valence-electron chi connectivity index (χ2n) is 7.66. The standard InChI is InChI=1S/C22H25F2N5O/c1-4-13(2)16-10-25-27-21(16)17-11-26-29-7-5-6-28(22(17)29)14(3)20-18(23)8-15(12-30)9-19(20)24/h8-11,13,30H,3-7,12H2,1-2H3,(H,25,27). The van der Waals surface area contributed by atoms with Crippen LogP contribution in [0, 0.1) is 11.6 Å². The lowest BCUT2D eigenvalue weighted by atomic mass is 9.96. The van der Waals surface area contributed by atoms with E-state index in [2.05, 4.69) is 35.7 Å². The summed E-state index contributed by atoms with van der Waals surface area (Å²) in [5.74, 6) is -0.450. The topological polar surface area (TPSA) is 70.0 Å². The summed E-state index contributed by atoms with van der Waals surface area (Å²) in [6, 6.07) is 2.28. The van der Waals surface area contributed by atoms with Gasteiger partial charge in [0.05, 0.1) is 35.8 Å². The van der Waals surface area contributed by atoms with Crippen molar-refractivity contribution in [3.63, 3.8) is 0 Å². The summed E-state index contributed by atoms with van der Waals surface area (Å²) >= 11 is 0. The average molecular weight is 413 g/mol. The molecule has 1 unspecified atom stereocenters. The van der Waals surface area contributed by atoms with Gasteiger partial charge in [-0.3, -0.25) is 5.10 Å². The molecule has 1 aliphatic heterocycles. The number of benzene rings is 1. The van der Waals surface area contributed by atoms with E-state index in [1.807, 2.05) is 15.8 Å². The molecule has 0 bridgehead atoms. The summed E-state index contributed by atoms with van der Waals surface area (Å²) in [7, 11) is 0. The minimum atomic E-state index is -0.746. The van der Waals surface area contributed by atoms with E-state index in [1.165, 1.54) is 0 Å². The van der Waals surface area contributed by atoms with Gasteiger partial charge >= 0.3 is 0 Å². The van der Waals surface area contributed by atoms with E-state index in [1.54, 1.807) is 6.20 Å². The van der Waals surface area contributed by atoms with E-state index in [9.17, 15) is 13.9 Å². The average Bonchev–Trinajstić information content (AvgIpc) is 3.38. The number of hydrogen-bond acceptors (Lipinski definition) is 4. The fourth-order valence-electron chi connectivity index (χ4n) is 3.98. The van der Waals surface area contributed by atoms with Crippen LogP contribution in [0.25, 0.3) is 17.0 Å². The fraction of sp³-hybridized carbons (Fsp3) is 0.364. The predicted octanol–water partition coefficient (Wildman–Crippen LogP) is 4.44. The molecule has 1 aliphatic rings. The third-order valence-corrected chi connectivity index (χ3v) is 5.80. The quantitative estimate of drug-likeness (QED) is 0.627. The van der Waals surface area contributed by atoms with E-state index >= 15 is 0 Å². The van der Waals surface area contributed by atoms with Crippen LogP contribution in [-0.2, 0) is 13.2 Å². The molecule has 3 heterocycles. The summed E-state index contributed by atoms with van der Waals surface area (Å²) < 4.78 is 31.3. The molecule has 0 radical (unpaired) electrons. The highest BCUT2D eigenvalue weighted by Gasteiger charge is 2.29. The van der Waals surface area contributed by atoms with Gasteiger partial charge in [0.1, 0.15) is 17.5 Å². The molecule has 0 fully saturated rings. The Bertz CT molecular complexity index is 1060. The van der Waals surface area contributed by atoms with Crippen LogP contribution in [0.5, 0.6) is 0 Å². The smallest absolute Gasteiger partial charge is 0.140 e. The highest BCUT2D eigenvalue weighted by molar-refractivity contribution is 5.86. The highest BCUT2D eigenvalue weighted by atomic mass is 19.1. The van der Waals surface area contributed by atoms with Gasteiger partial charge in [0, 0.05) is 24.4 Å². The van der Waals surface area contributed by atoms with E-state index in [0.717, 1.165) is 47.6 Å². The Kier molecular flexibility index (Phi) is 5.42. The Morgan fingerprint density at radius 2 is 2.00 bits per heavy atom. The van der Waals surface area contributed by atoms with E-state index in [-0.39, 0.29) is 16.8 Å². The first kappa shape index (κ1) is 20.3. The van der Waals surface area contributed by atoms with Gasteiger partial charge in [-0.15, -0.1) is 0 Å². The number of aromatic amines is 1. The first-order chi connectivity index (χ1) is 14.5. The number of hydrogen-bond donors (Lipinski definition) is 2. The van der Waals surface area contributed by atoms with Gasteiger partial charge in [-0.2, -0.15) is 10.2 Å². The summed E-state index contributed by atoms with van der Waals surface area (Å²) in [4.78, 5) is 1.81. The number of aromatic nitrogens is 4. The lowest BCUT2D eigenvalue weighted by molar-refractivity contribution is 0.280. The first-order valence-corrected chi connectivity index (χ1v) is 10.1. The number of nitrogens with zero attached hydrogens (tertiary/aromatic N) is 4. The normalized spacial score (nSPS) is 14.6. The highest BCUT2D eigenvalue weighted by Crippen LogP contribution is 2.40. The monoisotopic (exact) mass is 413 g/mol. The van der Waals surface area contributed by atoms with E-state index in [0.29, 0.717) is 19.0 Å². The van der Waals surface area contributed by atoms with Crippen LogP contribution in [0.15, 0.2) is 31.1 Å². The molecule has 1 atom stereocenters. The van der Waals surface area contributed by atoms with Crippen LogP contribution in [0.2, 0.25) is 0 Å². The first-order valence-electron chi connectivity index (χ1n) is 10.1. The molecule has 1 aromatic carbocycles. The van der Waals surface area contributed by atoms with Gasteiger partial charge in [0.25, 0.3) is 0 Å². The summed E-state index contributed by atoms with van der Waals surface area (Å²) in [5, 5.41) is 21.0.